The van der Waals surface area contributed by atoms with Crippen LogP contribution in [0.5, 0.6) is 17.2 Å². The van der Waals surface area contributed by atoms with Crippen molar-refractivity contribution in [2.24, 2.45) is 5.10 Å². The molecule has 6 nitrogen and oxygen atoms in total. The summed E-state index contributed by atoms with van der Waals surface area (Å²) in [5.41, 5.74) is 5.46. The predicted molar refractivity (Wildman–Crippen MR) is 127 cm³/mol. The summed E-state index contributed by atoms with van der Waals surface area (Å²) in [7, 11) is 3.15. The highest BCUT2D eigenvalue weighted by molar-refractivity contribution is 6.32. The van der Waals surface area contributed by atoms with Crippen LogP contribution in [0.25, 0.3) is 6.08 Å². The number of nitrogens with zero attached hydrogens (tertiary/aromatic N) is 1. The molecule has 0 saturated heterocycles. The molecule has 0 fully saturated rings. The summed E-state index contributed by atoms with van der Waals surface area (Å²) in [6.45, 7) is 0. The lowest BCUT2D eigenvalue weighted by Crippen LogP contribution is -2.17. The minimum Gasteiger partial charge on any atom is -0.506 e. The second kappa shape index (κ2) is 11.0. The Morgan fingerprint density at radius 2 is 1.88 bits per heavy atom. The molecule has 0 heterocycles. The minimum absolute atomic E-state index is 0.0912. The Labute approximate surface area is 191 Å². The van der Waals surface area contributed by atoms with Crippen molar-refractivity contribution in [3.8, 4) is 17.2 Å². The van der Waals surface area contributed by atoms with Crippen LogP contribution >= 0.6 is 11.6 Å². The Morgan fingerprint density at radius 3 is 2.56 bits per heavy atom. The molecule has 0 saturated carbocycles. The lowest BCUT2D eigenvalue weighted by atomic mass is 10.1. The van der Waals surface area contributed by atoms with Crippen LogP contribution in [0, 0.1) is 0 Å². The number of benzene rings is 3. The number of nitrogens with one attached hydrogen (secondary N) is 1. The number of hydrogen-bond donors (Lipinski definition) is 2. The van der Waals surface area contributed by atoms with Gasteiger partial charge in [-0.15, -0.1) is 0 Å². The summed E-state index contributed by atoms with van der Waals surface area (Å²) in [5.74, 6) is 0.612. The lowest BCUT2D eigenvalue weighted by molar-refractivity contribution is 0.0955. The fourth-order valence-electron chi connectivity index (χ4n) is 3.03. The van der Waals surface area contributed by atoms with Crippen molar-refractivity contribution in [3.05, 3.63) is 94.0 Å². The number of hydrazone groups is 1. The van der Waals surface area contributed by atoms with Gasteiger partial charge in [-0.25, -0.2) is 5.43 Å². The Morgan fingerprint density at radius 1 is 1.09 bits per heavy atom. The summed E-state index contributed by atoms with van der Waals surface area (Å²) < 4.78 is 11.0. The third-order valence-electron chi connectivity index (χ3n) is 4.61. The van der Waals surface area contributed by atoms with Crippen LogP contribution in [0.1, 0.15) is 27.0 Å². The number of rotatable bonds is 8. The standard InChI is InChI=1S/C25H23ClN2O4/c1-31-23-14-18(16-27-28-25(30)20-11-12-22(29)21(26)15-20)13-19(24(23)32-2)10-6-9-17-7-4-3-5-8-17/h3-8,10-16,29H,9H2,1-2H3,(H,28,30). The van der Waals surface area contributed by atoms with Gasteiger partial charge in [0.15, 0.2) is 11.5 Å². The number of amides is 1. The number of ether oxygens (including phenoxy) is 2. The zero-order valence-electron chi connectivity index (χ0n) is 17.7. The summed E-state index contributed by atoms with van der Waals surface area (Å²) in [6.07, 6.45) is 6.29. The number of hydrogen-bond acceptors (Lipinski definition) is 5. The number of carbonyl (C=O) groups excluding carboxylic acids is 1. The van der Waals surface area contributed by atoms with E-state index in [1.54, 1.807) is 20.3 Å². The average Bonchev–Trinajstić information content (AvgIpc) is 2.81. The van der Waals surface area contributed by atoms with Crippen LogP contribution in [0.4, 0.5) is 0 Å². The van der Waals surface area contributed by atoms with Crippen molar-refractivity contribution in [3.63, 3.8) is 0 Å². The highest BCUT2D eigenvalue weighted by atomic mass is 35.5. The molecule has 1 amide bonds. The lowest BCUT2D eigenvalue weighted by Gasteiger charge is -2.12. The fourth-order valence-corrected chi connectivity index (χ4v) is 3.21. The summed E-state index contributed by atoms with van der Waals surface area (Å²) in [4.78, 5) is 12.2. The molecule has 0 aliphatic heterocycles. The second-order valence-corrected chi connectivity index (χ2v) is 7.21. The molecular formula is C25H23ClN2O4. The van der Waals surface area contributed by atoms with Crippen molar-refractivity contribution >= 4 is 29.8 Å². The van der Waals surface area contributed by atoms with Gasteiger partial charge in [0.05, 0.1) is 25.5 Å². The van der Waals surface area contributed by atoms with Gasteiger partial charge in [0.25, 0.3) is 5.91 Å². The summed E-state index contributed by atoms with van der Waals surface area (Å²) in [6, 6.07) is 17.9. The first-order valence-corrected chi connectivity index (χ1v) is 10.2. The molecule has 0 atom stereocenters. The third-order valence-corrected chi connectivity index (χ3v) is 4.92. The normalized spacial score (nSPS) is 11.1. The summed E-state index contributed by atoms with van der Waals surface area (Å²) in [5, 5.41) is 13.6. The third kappa shape index (κ3) is 5.89. The van der Waals surface area contributed by atoms with Crippen molar-refractivity contribution in [1.29, 1.82) is 0 Å². The van der Waals surface area contributed by atoms with E-state index < -0.39 is 5.91 Å². The molecule has 3 aromatic rings. The van der Waals surface area contributed by atoms with E-state index in [9.17, 15) is 9.90 Å². The first kappa shape index (κ1) is 22.9. The van der Waals surface area contributed by atoms with E-state index in [0.29, 0.717) is 17.1 Å². The molecule has 7 heteroatoms. The van der Waals surface area contributed by atoms with Crippen molar-refractivity contribution < 1.29 is 19.4 Å². The summed E-state index contributed by atoms with van der Waals surface area (Å²) >= 11 is 5.85. The van der Waals surface area contributed by atoms with Crippen molar-refractivity contribution in [2.75, 3.05) is 14.2 Å². The molecule has 3 aromatic carbocycles. The molecular weight excluding hydrogens is 428 g/mol. The number of allylic oxidation sites excluding steroid dienone is 1. The number of phenolic OH excluding ortho intramolecular Hbond substituents is 1. The van der Waals surface area contributed by atoms with Crippen LogP contribution in [0.2, 0.25) is 5.02 Å². The topological polar surface area (TPSA) is 80.2 Å². The maximum Gasteiger partial charge on any atom is 0.271 e. The van der Waals surface area contributed by atoms with Gasteiger partial charge in [0.1, 0.15) is 5.75 Å². The van der Waals surface area contributed by atoms with E-state index in [2.05, 4.69) is 22.7 Å². The number of phenols is 1. The molecule has 2 N–H and O–H groups in total. The molecule has 0 radical (unpaired) electrons. The first-order valence-electron chi connectivity index (χ1n) is 9.80. The van der Waals surface area contributed by atoms with E-state index in [-0.39, 0.29) is 16.3 Å². The first-order chi connectivity index (χ1) is 15.5. The van der Waals surface area contributed by atoms with E-state index in [1.807, 2.05) is 36.4 Å². The molecule has 3 rings (SSSR count). The number of methoxy groups -OCH3 is 2. The van der Waals surface area contributed by atoms with Crippen molar-refractivity contribution in [1.82, 2.24) is 5.43 Å². The average molecular weight is 451 g/mol. The molecule has 0 aromatic heterocycles. The second-order valence-electron chi connectivity index (χ2n) is 6.80. The zero-order chi connectivity index (χ0) is 22.9. The zero-order valence-corrected chi connectivity index (χ0v) is 18.5. The maximum absolute atomic E-state index is 12.2. The maximum atomic E-state index is 12.2. The molecule has 32 heavy (non-hydrogen) atoms. The molecule has 0 spiro atoms. The molecule has 0 aliphatic carbocycles. The highest BCUT2D eigenvalue weighted by Gasteiger charge is 2.11. The Bertz CT molecular complexity index is 1140. The van der Waals surface area contributed by atoms with Gasteiger partial charge in [0, 0.05) is 11.1 Å². The quantitative estimate of drug-likeness (QED) is 0.370. The van der Waals surface area contributed by atoms with Gasteiger partial charge in [-0.2, -0.15) is 5.10 Å². The highest BCUT2D eigenvalue weighted by Crippen LogP contribution is 2.33. The smallest absolute Gasteiger partial charge is 0.271 e. The Hall–Kier alpha value is -3.77. The Kier molecular flexibility index (Phi) is 7.89. The predicted octanol–water partition coefficient (Wildman–Crippen LogP) is 5.08. The van der Waals surface area contributed by atoms with Gasteiger partial charge in [0.2, 0.25) is 0 Å². The molecule has 0 unspecified atom stereocenters. The van der Waals surface area contributed by atoms with Crippen LogP contribution in [0.15, 0.2) is 71.8 Å². The number of aromatic hydroxyl groups is 1. The Balaban J connectivity index is 1.77. The monoisotopic (exact) mass is 450 g/mol. The largest absolute Gasteiger partial charge is 0.506 e. The van der Waals surface area contributed by atoms with Gasteiger partial charge >= 0.3 is 0 Å². The SMILES string of the molecule is COc1cc(C=NNC(=O)c2ccc(O)c(Cl)c2)cc(C=CCc2ccccc2)c1OC. The molecule has 0 aliphatic rings. The van der Waals surface area contributed by atoms with Crippen molar-refractivity contribution in [2.45, 2.75) is 6.42 Å². The number of halogens is 1. The number of carbonyl (C=O) groups is 1. The molecule has 0 bridgehead atoms. The fraction of sp³-hybridized carbons (Fsp3) is 0.120. The van der Waals surface area contributed by atoms with Crippen LogP contribution in [-0.2, 0) is 6.42 Å². The van der Waals surface area contributed by atoms with Gasteiger partial charge < -0.3 is 14.6 Å². The van der Waals surface area contributed by atoms with E-state index in [1.165, 1.54) is 30.0 Å². The van der Waals surface area contributed by atoms with E-state index in [4.69, 9.17) is 21.1 Å². The van der Waals surface area contributed by atoms with E-state index >= 15 is 0 Å². The van der Waals surface area contributed by atoms with E-state index in [0.717, 1.165) is 12.0 Å². The van der Waals surface area contributed by atoms with Crippen LogP contribution < -0.4 is 14.9 Å². The van der Waals surface area contributed by atoms with Gasteiger partial charge in [-0.3, -0.25) is 4.79 Å². The van der Waals surface area contributed by atoms with Crippen LogP contribution in [0.3, 0.4) is 0 Å². The van der Waals surface area contributed by atoms with Crippen LogP contribution in [-0.4, -0.2) is 31.4 Å². The van der Waals surface area contributed by atoms with Gasteiger partial charge in [-0.1, -0.05) is 54.1 Å². The molecule has 164 valence electrons. The minimum atomic E-state index is -0.452. The van der Waals surface area contributed by atoms with Gasteiger partial charge in [-0.05, 0) is 47.9 Å².